The lowest BCUT2D eigenvalue weighted by Crippen LogP contribution is -2.13. The average molecular weight is 354 g/mol. The van der Waals surface area contributed by atoms with Gasteiger partial charge in [-0.15, -0.1) is 0 Å². The van der Waals surface area contributed by atoms with Crippen LogP contribution in [0, 0.1) is 0 Å². The van der Waals surface area contributed by atoms with Gasteiger partial charge in [0.1, 0.15) is 12.4 Å². The van der Waals surface area contributed by atoms with Gasteiger partial charge in [-0.2, -0.15) is 0 Å². The summed E-state index contributed by atoms with van der Waals surface area (Å²) < 4.78 is 10.7. The minimum atomic E-state index is -0.310. The van der Waals surface area contributed by atoms with Crippen molar-refractivity contribution < 1.29 is 14.3 Å². The topological polar surface area (TPSA) is 47.6 Å². The second-order valence-electron chi connectivity index (χ2n) is 4.62. The largest absolute Gasteiger partial charge is 0.491 e. The summed E-state index contributed by atoms with van der Waals surface area (Å²) in [6.45, 7) is 3.49. The molecule has 122 valence electrons. The molecule has 6 heteroatoms. The van der Waals surface area contributed by atoms with Crippen LogP contribution in [0.25, 0.3) is 0 Å². The fraction of sp³-hybridized carbons (Fsp3) is 0.235. The number of carbonyl (C=O) groups is 1. The summed E-state index contributed by atoms with van der Waals surface area (Å²) in [5.74, 6) is 0.290. The number of benzene rings is 2. The average Bonchev–Trinajstić information content (AvgIpc) is 2.55. The SMILES string of the molecule is CCOCCOc1cccc(C(=O)Nc2c(Cl)cccc2Cl)c1. The number of ether oxygens (including phenoxy) is 2. The first kappa shape index (κ1) is 17.6. The molecule has 2 aromatic carbocycles. The number of amides is 1. The molecule has 0 fully saturated rings. The molecule has 0 saturated heterocycles. The molecule has 0 aromatic heterocycles. The van der Waals surface area contributed by atoms with Crippen molar-refractivity contribution in [3.05, 3.63) is 58.1 Å². The van der Waals surface area contributed by atoms with Crippen molar-refractivity contribution in [2.45, 2.75) is 6.92 Å². The Kier molecular flexibility index (Phi) is 6.71. The molecule has 2 rings (SSSR count). The third kappa shape index (κ3) is 5.13. The van der Waals surface area contributed by atoms with Gasteiger partial charge in [0.05, 0.1) is 22.3 Å². The van der Waals surface area contributed by atoms with Gasteiger partial charge in [-0.1, -0.05) is 35.3 Å². The van der Waals surface area contributed by atoms with Crippen LogP contribution < -0.4 is 10.1 Å². The van der Waals surface area contributed by atoms with Gasteiger partial charge in [-0.05, 0) is 37.3 Å². The van der Waals surface area contributed by atoms with E-state index in [-0.39, 0.29) is 5.91 Å². The number of hydrogen-bond acceptors (Lipinski definition) is 3. The Morgan fingerprint density at radius 2 is 1.78 bits per heavy atom. The Hall–Kier alpha value is -1.75. The molecule has 0 saturated carbocycles. The third-order valence-electron chi connectivity index (χ3n) is 3.00. The van der Waals surface area contributed by atoms with E-state index in [0.717, 1.165) is 0 Å². The first-order chi connectivity index (χ1) is 11.1. The number of anilines is 1. The summed E-state index contributed by atoms with van der Waals surface area (Å²) in [7, 11) is 0. The highest BCUT2D eigenvalue weighted by Crippen LogP contribution is 2.30. The van der Waals surface area contributed by atoms with E-state index >= 15 is 0 Å². The van der Waals surface area contributed by atoms with E-state index in [2.05, 4.69) is 5.32 Å². The summed E-state index contributed by atoms with van der Waals surface area (Å²) in [5, 5.41) is 3.48. The van der Waals surface area contributed by atoms with Gasteiger partial charge in [-0.25, -0.2) is 0 Å². The van der Waals surface area contributed by atoms with Crippen molar-refractivity contribution >= 4 is 34.8 Å². The molecule has 0 aliphatic carbocycles. The zero-order valence-electron chi connectivity index (χ0n) is 12.6. The number of carbonyl (C=O) groups excluding carboxylic acids is 1. The molecule has 0 spiro atoms. The van der Waals surface area contributed by atoms with E-state index in [0.29, 0.717) is 46.9 Å². The number of nitrogens with one attached hydrogen (secondary N) is 1. The van der Waals surface area contributed by atoms with Gasteiger partial charge in [0, 0.05) is 12.2 Å². The van der Waals surface area contributed by atoms with Crippen molar-refractivity contribution in [1.29, 1.82) is 0 Å². The zero-order chi connectivity index (χ0) is 16.7. The van der Waals surface area contributed by atoms with Gasteiger partial charge in [0.25, 0.3) is 5.91 Å². The summed E-state index contributed by atoms with van der Waals surface area (Å²) in [4.78, 5) is 12.3. The highest BCUT2D eigenvalue weighted by Gasteiger charge is 2.12. The molecule has 0 radical (unpaired) electrons. The van der Waals surface area contributed by atoms with Crippen LogP contribution in [0.5, 0.6) is 5.75 Å². The molecule has 1 amide bonds. The lowest BCUT2D eigenvalue weighted by Gasteiger charge is -2.10. The van der Waals surface area contributed by atoms with Crippen molar-refractivity contribution in [1.82, 2.24) is 0 Å². The maximum absolute atomic E-state index is 12.3. The van der Waals surface area contributed by atoms with Crippen LogP contribution in [0.4, 0.5) is 5.69 Å². The van der Waals surface area contributed by atoms with Gasteiger partial charge in [0.2, 0.25) is 0 Å². The monoisotopic (exact) mass is 353 g/mol. The number of hydrogen-bond donors (Lipinski definition) is 1. The minimum absolute atomic E-state index is 0.310. The van der Waals surface area contributed by atoms with E-state index in [1.165, 1.54) is 0 Å². The third-order valence-corrected chi connectivity index (χ3v) is 3.63. The summed E-state index contributed by atoms with van der Waals surface area (Å²) in [5.41, 5.74) is 0.846. The van der Waals surface area contributed by atoms with Gasteiger partial charge < -0.3 is 14.8 Å². The molecule has 2 aromatic rings. The minimum Gasteiger partial charge on any atom is -0.491 e. The molecule has 0 unspecified atom stereocenters. The molecule has 0 atom stereocenters. The summed E-state index contributed by atoms with van der Waals surface area (Å²) >= 11 is 12.1. The first-order valence-corrected chi connectivity index (χ1v) is 7.93. The molecule has 4 nitrogen and oxygen atoms in total. The lowest BCUT2D eigenvalue weighted by molar-refractivity contribution is 0.102. The molecule has 0 heterocycles. The molecule has 23 heavy (non-hydrogen) atoms. The van der Waals surface area contributed by atoms with Crippen LogP contribution in [-0.2, 0) is 4.74 Å². The molecule has 1 N–H and O–H groups in total. The lowest BCUT2D eigenvalue weighted by atomic mass is 10.2. The Bertz CT molecular complexity index is 656. The van der Waals surface area contributed by atoms with Gasteiger partial charge in [0.15, 0.2) is 0 Å². The van der Waals surface area contributed by atoms with E-state index in [1.807, 2.05) is 6.92 Å². The fourth-order valence-corrected chi connectivity index (χ4v) is 2.38. The van der Waals surface area contributed by atoms with Crippen LogP contribution in [-0.4, -0.2) is 25.7 Å². The van der Waals surface area contributed by atoms with E-state index in [4.69, 9.17) is 32.7 Å². The molecular weight excluding hydrogens is 337 g/mol. The van der Waals surface area contributed by atoms with Gasteiger partial charge >= 0.3 is 0 Å². The van der Waals surface area contributed by atoms with E-state index in [1.54, 1.807) is 42.5 Å². The Morgan fingerprint density at radius 1 is 1.09 bits per heavy atom. The van der Waals surface area contributed by atoms with Crippen molar-refractivity contribution in [2.75, 3.05) is 25.1 Å². The van der Waals surface area contributed by atoms with Crippen LogP contribution in [0.15, 0.2) is 42.5 Å². The van der Waals surface area contributed by atoms with Crippen LogP contribution in [0.3, 0.4) is 0 Å². The molecule has 0 aliphatic rings. The number of para-hydroxylation sites is 1. The smallest absolute Gasteiger partial charge is 0.255 e. The highest BCUT2D eigenvalue weighted by atomic mass is 35.5. The second kappa shape index (κ2) is 8.77. The van der Waals surface area contributed by atoms with Crippen LogP contribution in [0.2, 0.25) is 10.0 Å². The number of rotatable bonds is 7. The van der Waals surface area contributed by atoms with E-state index < -0.39 is 0 Å². The Balaban J connectivity index is 2.05. The first-order valence-electron chi connectivity index (χ1n) is 7.17. The predicted octanol–water partition coefficient (Wildman–Crippen LogP) is 4.66. The van der Waals surface area contributed by atoms with Gasteiger partial charge in [-0.3, -0.25) is 4.79 Å². The predicted molar refractivity (Wildman–Crippen MR) is 92.8 cm³/mol. The standard InChI is InChI=1S/C17H17Cl2NO3/c1-2-22-9-10-23-13-6-3-5-12(11-13)17(21)20-16-14(18)7-4-8-15(16)19/h3-8,11H,2,9-10H2,1H3,(H,20,21). The molecule has 0 aliphatic heterocycles. The Morgan fingerprint density at radius 3 is 2.48 bits per heavy atom. The molecule has 0 bridgehead atoms. The quantitative estimate of drug-likeness (QED) is 0.736. The van der Waals surface area contributed by atoms with E-state index in [9.17, 15) is 4.79 Å². The van der Waals surface area contributed by atoms with Crippen LogP contribution >= 0.6 is 23.2 Å². The van der Waals surface area contributed by atoms with Crippen LogP contribution in [0.1, 0.15) is 17.3 Å². The summed E-state index contributed by atoms with van der Waals surface area (Å²) in [6, 6.07) is 11.9. The number of halogens is 2. The summed E-state index contributed by atoms with van der Waals surface area (Å²) in [6.07, 6.45) is 0. The molecular formula is C17H17Cl2NO3. The maximum atomic E-state index is 12.3. The van der Waals surface area contributed by atoms with Crippen molar-refractivity contribution in [3.8, 4) is 5.75 Å². The maximum Gasteiger partial charge on any atom is 0.255 e. The zero-order valence-corrected chi connectivity index (χ0v) is 14.2. The highest BCUT2D eigenvalue weighted by molar-refractivity contribution is 6.40. The van der Waals surface area contributed by atoms with Crippen molar-refractivity contribution in [2.24, 2.45) is 0 Å². The second-order valence-corrected chi connectivity index (χ2v) is 5.44. The fourth-order valence-electron chi connectivity index (χ4n) is 1.89. The Labute approximate surface area is 145 Å². The van der Waals surface area contributed by atoms with Crippen molar-refractivity contribution in [3.63, 3.8) is 0 Å². The normalized spacial score (nSPS) is 10.4.